The minimum absolute atomic E-state index is 0.155. The lowest BCUT2D eigenvalue weighted by Crippen LogP contribution is -2.24. The number of hydrogen-bond donors (Lipinski definition) is 1. The minimum atomic E-state index is -0.521. The van der Waals surface area contributed by atoms with Crippen LogP contribution in [0.5, 0.6) is 0 Å². The molecule has 96 valence electrons. The number of nitrogen functional groups attached to an aromatic ring is 1. The molecule has 0 aliphatic heterocycles. The molecule has 0 atom stereocenters. The van der Waals surface area contributed by atoms with Gasteiger partial charge >= 0.3 is 5.97 Å². The molecular formula is C11H19N3O3. The molecule has 0 aromatic carbocycles. The van der Waals surface area contributed by atoms with Crippen molar-refractivity contribution < 1.29 is 14.3 Å². The first kappa shape index (κ1) is 13.5. The van der Waals surface area contributed by atoms with Crippen LogP contribution in [0.3, 0.4) is 0 Å². The average Bonchev–Trinajstić information content (AvgIpc) is 2.67. The van der Waals surface area contributed by atoms with Crippen LogP contribution in [-0.2, 0) is 16.0 Å². The molecule has 0 spiro atoms. The number of carbonyl (C=O) groups is 1. The van der Waals surface area contributed by atoms with E-state index in [0.717, 1.165) is 6.42 Å². The zero-order valence-electron chi connectivity index (χ0n) is 10.7. The third-order valence-corrected chi connectivity index (χ3v) is 2.66. The molecule has 17 heavy (non-hydrogen) atoms. The molecule has 0 fully saturated rings. The Balaban J connectivity index is 2.71. The number of aromatic nitrogens is 2. The quantitative estimate of drug-likeness (QED) is 0.780. The van der Waals surface area contributed by atoms with Gasteiger partial charge in [0, 0.05) is 19.9 Å². The van der Waals surface area contributed by atoms with Gasteiger partial charge in [0.25, 0.3) is 0 Å². The van der Waals surface area contributed by atoms with Crippen LogP contribution in [0.1, 0.15) is 30.8 Å². The van der Waals surface area contributed by atoms with Gasteiger partial charge in [-0.05, 0) is 20.3 Å². The average molecular weight is 241 g/mol. The second-order valence-electron chi connectivity index (χ2n) is 4.40. The van der Waals surface area contributed by atoms with Crippen molar-refractivity contribution in [1.29, 1.82) is 0 Å². The van der Waals surface area contributed by atoms with Gasteiger partial charge in [-0.2, -0.15) is 5.10 Å². The largest absolute Gasteiger partial charge is 0.464 e. The maximum Gasteiger partial charge on any atom is 0.360 e. The number of anilines is 1. The fraction of sp³-hybridized carbons (Fsp3) is 0.636. The molecule has 6 nitrogen and oxygen atoms in total. The van der Waals surface area contributed by atoms with Gasteiger partial charge in [-0.1, -0.05) is 0 Å². The molecule has 6 heteroatoms. The molecule has 0 aliphatic carbocycles. The Morgan fingerprint density at radius 3 is 2.71 bits per heavy atom. The molecule has 2 N–H and O–H groups in total. The number of nitrogens with two attached hydrogens (primary N) is 1. The number of methoxy groups -OCH3 is 2. The van der Waals surface area contributed by atoms with Gasteiger partial charge < -0.3 is 15.2 Å². The highest BCUT2D eigenvalue weighted by atomic mass is 16.5. The van der Waals surface area contributed by atoms with E-state index >= 15 is 0 Å². The number of nitrogens with zero attached hydrogens (tertiary/aromatic N) is 2. The number of esters is 1. The van der Waals surface area contributed by atoms with Crippen molar-refractivity contribution in [2.24, 2.45) is 0 Å². The third-order valence-electron chi connectivity index (χ3n) is 2.66. The second-order valence-corrected chi connectivity index (χ2v) is 4.40. The van der Waals surface area contributed by atoms with Crippen molar-refractivity contribution >= 4 is 11.7 Å². The van der Waals surface area contributed by atoms with Crippen LogP contribution in [-0.4, -0.2) is 35.6 Å². The van der Waals surface area contributed by atoms with Gasteiger partial charge in [-0.15, -0.1) is 0 Å². The summed E-state index contributed by atoms with van der Waals surface area (Å²) >= 11 is 0. The van der Waals surface area contributed by atoms with E-state index < -0.39 is 5.97 Å². The summed E-state index contributed by atoms with van der Waals surface area (Å²) in [5.41, 5.74) is 5.93. The number of aryl methyl sites for hydroxylation is 1. The van der Waals surface area contributed by atoms with Crippen molar-refractivity contribution in [3.63, 3.8) is 0 Å². The molecule has 1 aromatic heterocycles. The lowest BCUT2D eigenvalue weighted by atomic mass is 10.1. The predicted octanol–water partition coefficient (Wildman–Crippen LogP) is 1.07. The van der Waals surface area contributed by atoms with Gasteiger partial charge in [-0.25, -0.2) is 4.79 Å². The summed E-state index contributed by atoms with van der Waals surface area (Å²) in [7, 11) is 2.96. The highest BCUT2D eigenvalue weighted by molar-refractivity contribution is 5.92. The number of hydrogen-bond acceptors (Lipinski definition) is 5. The summed E-state index contributed by atoms with van der Waals surface area (Å²) in [5, 5.41) is 4.08. The molecule has 0 bridgehead atoms. The lowest BCUT2D eigenvalue weighted by molar-refractivity contribution is 0.0113. The van der Waals surface area contributed by atoms with E-state index in [4.69, 9.17) is 10.5 Å². The summed E-state index contributed by atoms with van der Waals surface area (Å²) in [4.78, 5) is 11.3. The van der Waals surface area contributed by atoms with Gasteiger partial charge in [-0.3, -0.25) is 4.68 Å². The van der Waals surface area contributed by atoms with Gasteiger partial charge in [0.2, 0.25) is 0 Å². The first-order valence-corrected chi connectivity index (χ1v) is 5.36. The Kier molecular flexibility index (Phi) is 4.11. The molecule has 0 amide bonds. The van der Waals surface area contributed by atoms with Crippen molar-refractivity contribution in [3.8, 4) is 0 Å². The van der Waals surface area contributed by atoms with Crippen LogP contribution in [0, 0.1) is 0 Å². The molecule has 1 rings (SSSR count). The van der Waals surface area contributed by atoms with E-state index in [0.29, 0.717) is 12.2 Å². The Morgan fingerprint density at radius 1 is 1.53 bits per heavy atom. The third kappa shape index (κ3) is 3.45. The van der Waals surface area contributed by atoms with Crippen molar-refractivity contribution in [1.82, 2.24) is 9.78 Å². The number of rotatable bonds is 5. The fourth-order valence-electron chi connectivity index (χ4n) is 1.29. The topological polar surface area (TPSA) is 79.4 Å². The highest BCUT2D eigenvalue weighted by Crippen LogP contribution is 2.16. The van der Waals surface area contributed by atoms with Gasteiger partial charge in [0.05, 0.1) is 18.4 Å². The van der Waals surface area contributed by atoms with E-state index in [-0.39, 0.29) is 11.3 Å². The Bertz CT molecular complexity index is 399. The van der Waals surface area contributed by atoms with Crippen LogP contribution in [0.4, 0.5) is 5.69 Å². The zero-order valence-corrected chi connectivity index (χ0v) is 10.7. The van der Waals surface area contributed by atoms with Gasteiger partial charge in [0.15, 0.2) is 5.69 Å². The Hall–Kier alpha value is -1.56. The maximum absolute atomic E-state index is 11.3. The van der Waals surface area contributed by atoms with E-state index in [1.165, 1.54) is 7.11 Å². The van der Waals surface area contributed by atoms with E-state index in [1.807, 2.05) is 13.8 Å². The zero-order chi connectivity index (χ0) is 13.1. The molecule has 1 heterocycles. The SMILES string of the molecule is COC(=O)c1nn(CCC(C)(C)OC)cc1N. The molecule has 0 unspecified atom stereocenters. The van der Waals surface area contributed by atoms with E-state index in [2.05, 4.69) is 9.84 Å². The molecule has 0 saturated carbocycles. The maximum atomic E-state index is 11.3. The summed E-state index contributed by atoms with van der Waals surface area (Å²) in [6.45, 7) is 4.60. The lowest BCUT2D eigenvalue weighted by Gasteiger charge is -2.22. The number of carbonyl (C=O) groups excluding carboxylic acids is 1. The Morgan fingerprint density at radius 2 is 2.18 bits per heavy atom. The molecule has 0 saturated heterocycles. The second kappa shape index (κ2) is 5.18. The van der Waals surface area contributed by atoms with Crippen LogP contribution in [0.2, 0.25) is 0 Å². The summed E-state index contributed by atoms with van der Waals surface area (Å²) in [6, 6.07) is 0. The summed E-state index contributed by atoms with van der Waals surface area (Å²) in [5.74, 6) is -0.521. The van der Waals surface area contributed by atoms with Crippen LogP contribution in [0.25, 0.3) is 0 Å². The van der Waals surface area contributed by atoms with Crippen LogP contribution in [0.15, 0.2) is 6.20 Å². The molecule has 0 aliphatic rings. The predicted molar refractivity (Wildman–Crippen MR) is 63.7 cm³/mol. The van der Waals surface area contributed by atoms with Crippen LogP contribution < -0.4 is 5.73 Å². The smallest absolute Gasteiger partial charge is 0.360 e. The van der Waals surface area contributed by atoms with E-state index in [1.54, 1.807) is 18.0 Å². The van der Waals surface area contributed by atoms with Gasteiger partial charge in [0.1, 0.15) is 0 Å². The van der Waals surface area contributed by atoms with Crippen molar-refractivity contribution in [3.05, 3.63) is 11.9 Å². The first-order chi connectivity index (χ1) is 7.89. The van der Waals surface area contributed by atoms with Crippen molar-refractivity contribution in [2.75, 3.05) is 20.0 Å². The first-order valence-electron chi connectivity index (χ1n) is 5.36. The monoisotopic (exact) mass is 241 g/mol. The minimum Gasteiger partial charge on any atom is -0.464 e. The molecule has 1 aromatic rings. The normalized spacial score (nSPS) is 11.5. The Labute approximate surface area is 101 Å². The summed E-state index contributed by atoms with van der Waals surface area (Å²) in [6.07, 6.45) is 2.39. The van der Waals surface area contributed by atoms with Crippen LogP contribution >= 0.6 is 0 Å². The van der Waals surface area contributed by atoms with Crippen molar-refractivity contribution in [2.45, 2.75) is 32.4 Å². The fourth-order valence-corrected chi connectivity index (χ4v) is 1.29. The highest BCUT2D eigenvalue weighted by Gasteiger charge is 2.19. The number of ether oxygens (including phenoxy) is 2. The molecular weight excluding hydrogens is 222 g/mol. The summed E-state index contributed by atoms with van der Waals surface area (Å²) < 4.78 is 11.5. The standard InChI is InChI=1S/C11H19N3O3/c1-11(2,17-4)5-6-14-7-8(12)9(13-14)10(15)16-3/h7H,5-6,12H2,1-4H3. The van der Waals surface area contributed by atoms with E-state index in [9.17, 15) is 4.79 Å². The molecule has 0 radical (unpaired) electrons.